The van der Waals surface area contributed by atoms with E-state index in [4.69, 9.17) is 32.9 Å². The molecule has 4 N–H and O–H groups in total. The highest BCUT2D eigenvalue weighted by Gasteiger charge is 2.22. The first kappa shape index (κ1) is 21.0. The molecular weight excluding hydrogens is 410 g/mol. The molecule has 29 heavy (non-hydrogen) atoms. The van der Waals surface area contributed by atoms with E-state index in [2.05, 4.69) is 4.98 Å². The minimum atomic E-state index is -0.837. The second-order valence-electron chi connectivity index (χ2n) is 6.73. The first-order chi connectivity index (χ1) is 13.8. The number of amides is 1. The van der Waals surface area contributed by atoms with Crippen LogP contribution in [0.1, 0.15) is 36.7 Å². The fourth-order valence-corrected chi connectivity index (χ4v) is 4.42. The summed E-state index contributed by atoms with van der Waals surface area (Å²) < 4.78 is 6.96. The lowest BCUT2D eigenvalue weighted by Gasteiger charge is -2.13. The fraction of sp³-hybridized carbons (Fsp3) is 0.250. The molecule has 9 heteroatoms. The number of nitrogen functional groups attached to an aromatic ring is 1. The van der Waals surface area contributed by atoms with Crippen LogP contribution in [0.25, 0.3) is 0 Å². The molecule has 0 bridgehead atoms. The average Bonchev–Trinajstić information content (AvgIpc) is 2.97. The van der Waals surface area contributed by atoms with Crippen molar-refractivity contribution in [3.63, 3.8) is 0 Å². The maximum absolute atomic E-state index is 11.2. The molecule has 0 aliphatic heterocycles. The van der Waals surface area contributed by atoms with Crippen molar-refractivity contribution in [1.29, 1.82) is 0 Å². The van der Waals surface area contributed by atoms with Gasteiger partial charge in [-0.3, -0.25) is 9.67 Å². The van der Waals surface area contributed by atoms with E-state index in [0.717, 1.165) is 21.0 Å². The Hall–Kier alpha value is -2.71. The molecule has 1 amide bonds. The third kappa shape index (κ3) is 5.42. The molecule has 0 saturated carbocycles. The summed E-state index contributed by atoms with van der Waals surface area (Å²) in [4.78, 5) is 16.1. The predicted molar refractivity (Wildman–Crippen MR) is 114 cm³/mol. The zero-order chi connectivity index (χ0) is 21.0. The van der Waals surface area contributed by atoms with Gasteiger partial charge in [-0.1, -0.05) is 23.4 Å². The van der Waals surface area contributed by atoms with Crippen LogP contribution in [0.5, 0.6) is 0 Å². The van der Waals surface area contributed by atoms with Gasteiger partial charge in [-0.05, 0) is 49.7 Å². The number of aromatic nitrogens is 3. The Balaban J connectivity index is 2.08. The van der Waals surface area contributed by atoms with Crippen molar-refractivity contribution >= 4 is 35.1 Å². The number of hydrogen-bond acceptors (Lipinski definition) is 6. The van der Waals surface area contributed by atoms with Gasteiger partial charge in [0.15, 0.2) is 0 Å². The second-order valence-corrected chi connectivity index (χ2v) is 8.23. The van der Waals surface area contributed by atoms with Gasteiger partial charge in [0.05, 0.1) is 0 Å². The Kier molecular flexibility index (Phi) is 6.66. The summed E-state index contributed by atoms with van der Waals surface area (Å²) in [7, 11) is 0. The zero-order valence-electron chi connectivity index (χ0n) is 16.1. The first-order valence-corrected chi connectivity index (χ1v) is 10.2. The summed E-state index contributed by atoms with van der Waals surface area (Å²) in [5, 5.41) is 6.20. The maximum atomic E-state index is 11.2. The topological polar surface area (TPSA) is 109 Å². The minimum Gasteiger partial charge on any atom is -0.443 e. The lowest BCUT2D eigenvalue weighted by molar-refractivity contribution is 0.148. The Morgan fingerprint density at radius 2 is 2.00 bits per heavy atom. The lowest BCUT2D eigenvalue weighted by Crippen LogP contribution is -2.13. The molecule has 0 radical (unpaired) electrons. The van der Waals surface area contributed by atoms with Crippen molar-refractivity contribution in [3.05, 3.63) is 64.6 Å². The second kappa shape index (κ2) is 9.19. The summed E-state index contributed by atoms with van der Waals surface area (Å²) in [5.74, 6) is 0. The van der Waals surface area contributed by atoms with Gasteiger partial charge in [0.1, 0.15) is 17.3 Å². The highest BCUT2D eigenvalue weighted by atomic mass is 35.5. The van der Waals surface area contributed by atoms with Gasteiger partial charge < -0.3 is 16.2 Å². The van der Waals surface area contributed by atoms with Crippen molar-refractivity contribution in [1.82, 2.24) is 14.8 Å². The van der Waals surface area contributed by atoms with Crippen LogP contribution in [-0.4, -0.2) is 20.9 Å². The van der Waals surface area contributed by atoms with Crippen LogP contribution in [0, 0.1) is 0 Å². The standard InChI is InChI=1S/C20H22ClN5O2S/c1-12(2)26-19(29-16-9-14(21)8-15(22)10-16)17(7-13-3-5-24-6-4-13)18(25-26)11-28-20(23)27/h3-6,8-10,12H,7,11,22H2,1-2H3,(H2,23,27). The molecule has 2 aromatic heterocycles. The number of rotatable bonds is 7. The Morgan fingerprint density at radius 3 is 2.62 bits per heavy atom. The van der Waals surface area contributed by atoms with Gasteiger partial charge in [0.25, 0.3) is 0 Å². The molecular formula is C20H22ClN5O2S. The van der Waals surface area contributed by atoms with Gasteiger partial charge >= 0.3 is 6.09 Å². The third-order valence-corrected chi connectivity index (χ3v) is 5.44. The SMILES string of the molecule is CC(C)n1nc(COC(N)=O)c(Cc2ccncc2)c1Sc1cc(N)cc(Cl)c1. The highest BCUT2D eigenvalue weighted by molar-refractivity contribution is 7.99. The van der Waals surface area contributed by atoms with Gasteiger partial charge in [-0.2, -0.15) is 5.10 Å². The van der Waals surface area contributed by atoms with Gasteiger partial charge in [0, 0.05) is 46.0 Å². The molecule has 0 aliphatic rings. The Labute approximate surface area is 178 Å². The van der Waals surface area contributed by atoms with E-state index in [-0.39, 0.29) is 12.6 Å². The number of pyridine rings is 1. The minimum absolute atomic E-state index is 0.000709. The van der Waals surface area contributed by atoms with E-state index in [9.17, 15) is 4.79 Å². The molecule has 2 heterocycles. The molecule has 1 aromatic carbocycles. The van der Waals surface area contributed by atoms with E-state index in [0.29, 0.717) is 22.8 Å². The molecule has 7 nitrogen and oxygen atoms in total. The molecule has 3 aromatic rings. The van der Waals surface area contributed by atoms with E-state index >= 15 is 0 Å². The van der Waals surface area contributed by atoms with Crippen molar-refractivity contribution in [2.75, 3.05) is 5.73 Å². The van der Waals surface area contributed by atoms with Crippen LogP contribution in [0.2, 0.25) is 5.02 Å². The van der Waals surface area contributed by atoms with Crippen LogP contribution in [0.4, 0.5) is 10.5 Å². The summed E-state index contributed by atoms with van der Waals surface area (Å²) in [6.07, 6.45) is 3.25. The normalized spacial score (nSPS) is 11.0. The van der Waals surface area contributed by atoms with Crippen molar-refractivity contribution in [3.8, 4) is 0 Å². The van der Waals surface area contributed by atoms with Gasteiger partial charge in [-0.15, -0.1) is 0 Å². The maximum Gasteiger partial charge on any atom is 0.404 e. The summed E-state index contributed by atoms with van der Waals surface area (Å²) in [6.45, 7) is 4.08. The summed E-state index contributed by atoms with van der Waals surface area (Å²) in [6, 6.07) is 9.40. The molecule has 0 unspecified atom stereocenters. The molecule has 152 valence electrons. The lowest BCUT2D eigenvalue weighted by atomic mass is 10.1. The third-order valence-electron chi connectivity index (χ3n) is 4.12. The van der Waals surface area contributed by atoms with Crippen LogP contribution >= 0.6 is 23.4 Å². The van der Waals surface area contributed by atoms with E-state index in [1.54, 1.807) is 18.5 Å². The molecule has 0 spiro atoms. The Morgan fingerprint density at radius 1 is 1.28 bits per heavy atom. The molecule has 0 atom stereocenters. The molecule has 0 aliphatic carbocycles. The fourth-order valence-electron chi connectivity index (χ4n) is 2.85. The zero-order valence-corrected chi connectivity index (χ0v) is 17.7. The average molecular weight is 432 g/mol. The van der Waals surface area contributed by atoms with Crippen molar-refractivity contribution < 1.29 is 9.53 Å². The van der Waals surface area contributed by atoms with Gasteiger partial charge in [-0.25, -0.2) is 4.79 Å². The number of carbonyl (C=O) groups is 1. The highest BCUT2D eigenvalue weighted by Crippen LogP contribution is 2.37. The van der Waals surface area contributed by atoms with Crippen molar-refractivity contribution in [2.45, 2.75) is 42.8 Å². The van der Waals surface area contributed by atoms with Crippen LogP contribution in [-0.2, 0) is 17.8 Å². The number of primary amides is 1. The number of hydrogen-bond donors (Lipinski definition) is 2. The Bertz CT molecular complexity index is 987. The van der Waals surface area contributed by atoms with E-state index in [1.165, 1.54) is 11.8 Å². The largest absolute Gasteiger partial charge is 0.443 e. The smallest absolute Gasteiger partial charge is 0.404 e. The van der Waals surface area contributed by atoms with Crippen LogP contribution < -0.4 is 11.5 Å². The molecule has 3 rings (SSSR count). The summed E-state index contributed by atoms with van der Waals surface area (Å²) >= 11 is 7.70. The number of carbonyl (C=O) groups excluding carboxylic acids is 1. The monoisotopic (exact) mass is 431 g/mol. The number of ether oxygens (including phenoxy) is 1. The van der Waals surface area contributed by atoms with E-state index < -0.39 is 6.09 Å². The van der Waals surface area contributed by atoms with Gasteiger partial charge in [0.2, 0.25) is 0 Å². The predicted octanol–water partition coefficient (Wildman–Crippen LogP) is 4.43. The van der Waals surface area contributed by atoms with E-state index in [1.807, 2.05) is 42.8 Å². The molecule has 0 saturated heterocycles. The summed E-state index contributed by atoms with van der Waals surface area (Å²) in [5.41, 5.74) is 14.4. The van der Waals surface area contributed by atoms with Crippen LogP contribution in [0.15, 0.2) is 52.6 Å². The number of anilines is 1. The van der Waals surface area contributed by atoms with Crippen molar-refractivity contribution in [2.24, 2.45) is 5.73 Å². The van der Waals surface area contributed by atoms with Crippen LogP contribution in [0.3, 0.4) is 0 Å². The number of nitrogens with two attached hydrogens (primary N) is 2. The number of halogens is 1. The number of nitrogens with zero attached hydrogens (tertiary/aromatic N) is 3. The molecule has 0 fully saturated rings. The number of benzene rings is 1. The first-order valence-electron chi connectivity index (χ1n) is 8.98. The quantitative estimate of drug-likeness (QED) is 0.535.